The van der Waals surface area contributed by atoms with Gasteiger partial charge in [0.25, 0.3) is 8.32 Å². The number of hydrogen-bond donors (Lipinski definition) is 0. The highest BCUT2D eigenvalue weighted by atomic mass is 28.4. The van der Waals surface area contributed by atoms with Gasteiger partial charge in [0.05, 0.1) is 0 Å². The average molecular weight is 371 g/mol. The van der Waals surface area contributed by atoms with Crippen LogP contribution in [0.4, 0.5) is 0 Å². The van der Waals surface area contributed by atoms with Gasteiger partial charge in [0.1, 0.15) is 5.75 Å². The Kier molecular flexibility index (Phi) is 5.26. The fourth-order valence-electron chi connectivity index (χ4n) is 4.44. The summed E-state index contributed by atoms with van der Waals surface area (Å²) in [6, 6.07) is 33.3. The van der Waals surface area contributed by atoms with E-state index in [1.807, 2.05) is 0 Å². The van der Waals surface area contributed by atoms with Crippen molar-refractivity contribution < 1.29 is 4.43 Å². The van der Waals surface area contributed by atoms with E-state index in [0.717, 1.165) is 18.2 Å². The minimum atomic E-state index is -2.22. The molecule has 0 spiro atoms. The summed E-state index contributed by atoms with van der Waals surface area (Å²) in [7, 11) is -2.22. The maximum atomic E-state index is 7.01. The predicted molar refractivity (Wildman–Crippen MR) is 115 cm³/mol. The molecule has 1 aliphatic rings. The van der Waals surface area contributed by atoms with E-state index in [9.17, 15) is 0 Å². The Morgan fingerprint density at radius 2 is 1.11 bits per heavy atom. The van der Waals surface area contributed by atoms with Crippen LogP contribution in [0, 0.1) is 0 Å². The smallest absolute Gasteiger partial charge is 0.273 e. The lowest BCUT2D eigenvalue weighted by atomic mass is 10.1. The molecule has 0 amide bonds. The van der Waals surface area contributed by atoms with Crippen LogP contribution in [-0.4, -0.2) is 8.32 Å². The van der Waals surface area contributed by atoms with Crippen molar-refractivity contribution in [3.63, 3.8) is 0 Å². The summed E-state index contributed by atoms with van der Waals surface area (Å²) in [6.45, 7) is 2.28. The van der Waals surface area contributed by atoms with Crippen molar-refractivity contribution in [1.29, 1.82) is 0 Å². The Balaban J connectivity index is 1.82. The van der Waals surface area contributed by atoms with Crippen LogP contribution in [0.15, 0.2) is 103 Å². The molecule has 27 heavy (non-hydrogen) atoms. The molecule has 1 nitrogen and oxygen atoms in total. The molecule has 4 rings (SSSR count). The van der Waals surface area contributed by atoms with Gasteiger partial charge in [-0.15, -0.1) is 0 Å². The molecule has 3 aromatic rings. The lowest BCUT2D eigenvalue weighted by Crippen LogP contribution is -2.50. The van der Waals surface area contributed by atoms with Crippen molar-refractivity contribution in [2.24, 2.45) is 0 Å². The SMILES string of the molecule is CCC[Si]1(Oc2ccccc2)C(c2ccccc2)C=CC1c1ccccc1. The zero-order chi connectivity index (χ0) is 18.5. The van der Waals surface area contributed by atoms with Crippen LogP contribution < -0.4 is 4.43 Å². The Bertz CT molecular complexity index is 824. The minimum Gasteiger partial charge on any atom is -0.542 e. The lowest BCUT2D eigenvalue weighted by molar-refractivity contribution is 0.511. The summed E-state index contributed by atoms with van der Waals surface area (Å²) in [6.07, 6.45) is 5.96. The fourth-order valence-corrected chi connectivity index (χ4v) is 9.54. The van der Waals surface area contributed by atoms with Crippen LogP contribution in [0.2, 0.25) is 6.04 Å². The summed E-state index contributed by atoms with van der Waals surface area (Å²) >= 11 is 0. The van der Waals surface area contributed by atoms with Gasteiger partial charge in [-0.05, 0) is 29.3 Å². The van der Waals surface area contributed by atoms with E-state index in [1.165, 1.54) is 11.1 Å². The number of para-hydroxylation sites is 1. The molecule has 2 heteroatoms. The standard InChI is InChI=1S/C25H26OSi/c1-2-20-27(26-23-16-10-5-11-17-23)24(21-12-6-3-7-13-21)18-19-25(27)22-14-8-4-9-15-22/h3-19,24-25H,2,20H2,1H3. The zero-order valence-electron chi connectivity index (χ0n) is 15.8. The van der Waals surface area contributed by atoms with Crippen LogP contribution in [-0.2, 0) is 0 Å². The number of benzene rings is 3. The topological polar surface area (TPSA) is 9.23 Å². The van der Waals surface area contributed by atoms with Crippen LogP contribution in [0.5, 0.6) is 5.75 Å². The molecule has 136 valence electrons. The van der Waals surface area contributed by atoms with Crippen molar-refractivity contribution >= 4 is 8.32 Å². The number of allylic oxidation sites excluding steroid dienone is 2. The van der Waals surface area contributed by atoms with Gasteiger partial charge in [-0.1, -0.05) is 104 Å². The van der Waals surface area contributed by atoms with Crippen molar-refractivity contribution in [2.75, 3.05) is 0 Å². The second-order valence-electron chi connectivity index (χ2n) is 7.28. The Morgan fingerprint density at radius 3 is 1.56 bits per heavy atom. The van der Waals surface area contributed by atoms with Gasteiger partial charge in [-0.25, -0.2) is 0 Å². The van der Waals surface area contributed by atoms with Crippen molar-refractivity contribution in [2.45, 2.75) is 30.5 Å². The largest absolute Gasteiger partial charge is 0.542 e. The summed E-state index contributed by atoms with van der Waals surface area (Å²) in [5.74, 6) is 1.00. The molecule has 0 radical (unpaired) electrons. The molecule has 0 saturated heterocycles. The maximum Gasteiger partial charge on any atom is 0.273 e. The lowest BCUT2D eigenvalue weighted by Gasteiger charge is -2.39. The van der Waals surface area contributed by atoms with E-state index in [1.54, 1.807) is 0 Å². The Hall–Kier alpha value is -2.58. The summed E-state index contributed by atoms with van der Waals surface area (Å²) in [5.41, 5.74) is 3.49. The normalized spacial score (nSPS) is 24.0. The van der Waals surface area contributed by atoms with Crippen molar-refractivity contribution in [3.05, 3.63) is 114 Å². The van der Waals surface area contributed by atoms with E-state index in [4.69, 9.17) is 4.43 Å². The van der Waals surface area contributed by atoms with E-state index >= 15 is 0 Å². The highest BCUT2D eigenvalue weighted by Crippen LogP contribution is 2.48. The minimum absolute atomic E-state index is 0.365. The second kappa shape index (κ2) is 7.97. The first-order valence-electron chi connectivity index (χ1n) is 9.86. The first-order chi connectivity index (χ1) is 13.3. The monoisotopic (exact) mass is 370 g/mol. The van der Waals surface area contributed by atoms with E-state index in [0.29, 0.717) is 11.1 Å². The molecule has 0 N–H and O–H groups in total. The first kappa shape index (κ1) is 17.8. The first-order valence-corrected chi connectivity index (χ1v) is 12.1. The zero-order valence-corrected chi connectivity index (χ0v) is 16.8. The van der Waals surface area contributed by atoms with Gasteiger partial charge in [0.15, 0.2) is 0 Å². The van der Waals surface area contributed by atoms with Crippen LogP contribution in [0.25, 0.3) is 0 Å². The highest BCUT2D eigenvalue weighted by Gasteiger charge is 2.53. The third kappa shape index (κ3) is 3.50. The summed E-state index contributed by atoms with van der Waals surface area (Å²) in [4.78, 5) is 0. The molecule has 2 atom stereocenters. The van der Waals surface area contributed by atoms with Gasteiger partial charge in [0, 0.05) is 11.1 Å². The average Bonchev–Trinajstić information content (AvgIpc) is 3.09. The van der Waals surface area contributed by atoms with Gasteiger partial charge in [0.2, 0.25) is 0 Å². The highest BCUT2D eigenvalue weighted by molar-refractivity contribution is 6.79. The van der Waals surface area contributed by atoms with Crippen LogP contribution in [0.3, 0.4) is 0 Å². The van der Waals surface area contributed by atoms with Gasteiger partial charge in [-0.3, -0.25) is 0 Å². The second-order valence-corrected chi connectivity index (χ2v) is 11.1. The van der Waals surface area contributed by atoms with Crippen LogP contribution >= 0.6 is 0 Å². The quantitative estimate of drug-likeness (QED) is 0.349. The van der Waals surface area contributed by atoms with Gasteiger partial charge in [-0.2, -0.15) is 0 Å². The fraction of sp³-hybridized carbons (Fsp3) is 0.200. The third-order valence-electron chi connectivity index (χ3n) is 5.56. The molecule has 0 aromatic heterocycles. The van der Waals surface area contributed by atoms with E-state index in [-0.39, 0.29) is 0 Å². The molecule has 0 fully saturated rings. The molecule has 3 aromatic carbocycles. The number of hydrogen-bond acceptors (Lipinski definition) is 1. The van der Waals surface area contributed by atoms with Crippen molar-refractivity contribution in [3.8, 4) is 5.75 Å². The van der Waals surface area contributed by atoms with Crippen LogP contribution in [0.1, 0.15) is 35.6 Å². The molecule has 1 heterocycles. The maximum absolute atomic E-state index is 7.01. The molecular weight excluding hydrogens is 344 g/mol. The predicted octanol–water partition coefficient (Wildman–Crippen LogP) is 6.64. The summed E-state index contributed by atoms with van der Waals surface area (Å²) in [5, 5.41) is 0. The third-order valence-corrected chi connectivity index (χ3v) is 10.6. The Labute approximate surface area is 163 Å². The molecule has 2 unspecified atom stereocenters. The molecular formula is C25H26OSi. The van der Waals surface area contributed by atoms with Gasteiger partial charge < -0.3 is 4.43 Å². The number of rotatable bonds is 6. The summed E-state index contributed by atoms with van der Waals surface area (Å²) < 4.78 is 7.01. The van der Waals surface area contributed by atoms with Gasteiger partial charge >= 0.3 is 0 Å². The molecule has 0 aliphatic carbocycles. The van der Waals surface area contributed by atoms with E-state index < -0.39 is 8.32 Å². The van der Waals surface area contributed by atoms with Crippen molar-refractivity contribution in [1.82, 2.24) is 0 Å². The van der Waals surface area contributed by atoms with E-state index in [2.05, 4.69) is 110 Å². The molecule has 1 aliphatic heterocycles. The molecule has 0 bridgehead atoms. The Morgan fingerprint density at radius 1 is 0.667 bits per heavy atom. The molecule has 0 saturated carbocycles.